The third-order valence-corrected chi connectivity index (χ3v) is 4.46. The molecule has 0 unspecified atom stereocenters. The number of fused-ring (bicyclic) bond motifs is 1. The van der Waals surface area contributed by atoms with Crippen LogP contribution in [0.1, 0.15) is 12.6 Å². The first-order valence-corrected chi connectivity index (χ1v) is 9.47. The molecule has 1 aliphatic heterocycles. The van der Waals surface area contributed by atoms with Crippen LogP contribution in [0, 0.1) is 0 Å². The van der Waals surface area contributed by atoms with Gasteiger partial charge in [0.1, 0.15) is 18.7 Å². The van der Waals surface area contributed by atoms with E-state index in [2.05, 4.69) is 30.1 Å². The number of amides is 1. The molecule has 27 heavy (non-hydrogen) atoms. The van der Waals surface area contributed by atoms with Crippen LogP contribution in [-0.4, -0.2) is 72.7 Å². The number of ether oxygens (including phenoxy) is 1. The standard InChI is InChI=1S/C13H19N6O7P/c1-14-9(21)3-15-12-11-13(17-5-16-12)19(6-18-11)10-2-7(20)8(26-10)4-25-27(22,23)24/h5-8,10,20H,2-4H2,1H3,(H,14,21)(H,15,16,17)(H2,22,23,24)/t7-,8+,10+/m0/s1. The first kappa shape index (κ1) is 19.6. The number of aromatic nitrogens is 4. The number of hydrogen-bond donors (Lipinski definition) is 5. The molecule has 2 aromatic heterocycles. The maximum atomic E-state index is 11.4. The Morgan fingerprint density at radius 2 is 2.22 bits per heavy atom. The average molecular weight is 402 g/mol. The van der Waals surface area contributed by atoms with Crippen molar-refractivity contribution in [3.63, 3.8) is 0 Å². The normalized spacial score (nSPS) is 22.9. The lowest BCUT2D eigenvalue weighted by Crippen LogP contribution is -2.26. The summed E-state index contributed by atoms with van der Waals surface area (Å²) < 4.78 is 22.4. The zero-order valence-corrected chi connectivity index (χ0v) is 15.1. The largest absolute Gasteiger partial charge is 0.469 e. The minimum absolute atomic E-state index is 0.00983. The Kier molecular flexibility index (Phi) is 5.69. The van der Waals surface area contributed by atoms with Gasteiger partial charge in [0.15, 0.2) is 17.0 Å². The Balaban J connectivity index is 1.76. The SMILES string of the molecule is CNC(=O)CNc1ncnc2c1ncn2[C@H]1C[C@H](O)[C@@H](COP(=O)(O)O)O1. The second-order valence-corrected chi connectivity index (χ2v) is 7.03. The molecule has 1 fully saturated rings. The van der Waals surface area contributed by atoms with Gasteiger partial charge in [-0.1, -0.05) is 0 Å². The lowest BCUT2D eigenvalue weighted by molar-refractivity contribution is -0.118. The molecule has 1 saturated heterocycles. The number of anilines is 1. The number of rotatable bonds is 7. The number of carbonyl (C=O) groups excluding carboxylic acids is 1. The third kappa shape index (κ3) is 4.58. The number of carbonyl (C=O) groups is 1. The van der Waals surface area contributed by atoms with Crippen molar-refractivity contribution in [3.05, 3.63) is 12.7 Å². The van der Waals surface area contributed by atoms with Crippen molar-refractivity contribution in [2.24, 2.45) is 0 Å². The molecule has 148 valence electrons. The van der Waals surface area contributed by atoms with Gasteiger partial charge in [0.2, 0.25) is 5.91 Å². The molecule has 3 atom stereocenters. The monoisotopic (exact) mass is 402 g/mol. The molecule has 0 spiro atoms. The fraction of sp³-hybridized carbons (Fsp3) is 0.538. The van der Waals surface area contributed by atoms with E-state index in [0.29, 0.717) is 17.0 Å². The molecule has 0 aliphatic carbocycles. The Morgan fingerprint density at radius 3 is 2.93 bits per heavy atom. The average Bonchev–Trinajstić information content (AvgIpc) is 3.20. The molecule has 1 amide bonds. The molecular weight excluding hydrogens is 383 g/mol. The molecule has 2 aromatic rings. The number of aliphatic hydroxyl groups excluding tert-OH is 1. The number of hydrogen-bond acceptors (Lipinski definition) is 9. The van der Waals surface area contributed by atoms with Gasteiger partial charge in [0, 0.05) is 13.5 Å². The highest BCUT2D eigenvalue weighted by Gasteiger charge is 2.37. The molecule has 5 N–H and O–H groups in total. The number of aliphatic hydroxyl groups is 1. The van der Waals surface area contributed by atoms with E-state index < -0.39 is 32.9 Å². The summed E-state index contributed by atoms with van der Waals surface area (Å²) in [5, 5.41) is 15.4. The Morgan fingerprint density at radius 1 is 1.44 bits per heavy atom. The van der Waals surface area contributed by atoms with E-state index in [9.17, 15) is 14.5 Å². The van der Waals surface area contributed by atoms with Crippen molar-refractivity contribution >= 4 is 30.7 Å². The van der Waals surface area contributed by atoms with Gasteiger partial charge in [0.05, 0.1) is 25.6 Å². The topological polar surface area (TPSA) is 181 Å². The number of likely N-dealkylation sites (N-methyl/N-ethyl adjacent to an activating group) is 1. The summed E-state index contributed by atoms with van der Waals surface area (Å²) in [6.45, 7) is -0.446. The minimum atomic E-state index is -4.66. The second kappa shape index (κ2) is 7.84. The van der Waals surface area contributed by atoms with Crippen molar-refractivity contribution in [2.45, 2.75) is 24.9 Å². The van der Waals surface area contributed by atoms with E-state index >= 15 is 0 Å². The zero-order chi connectivity index (χ0) is 19.6. The smallest absolute Gasteiger partial charge is 0.390 e. The fourth-order valence-corrected chi connectivity index (χ4v) is 2.99. The van der Waals surface area contributed by atoms with Crippen molar-refractivity contribution < 1.29 is 33.5 Å². The summed E-state index contributed by atoms with van der Waals surface area (Å²) >= 11 is 0. The van der Waals surface area contributed by atoms with E-state index in [4.69, 9.17) is 14.5 Å². The molecule has 0 radical (unpaired) electrons. The van der Waals surface area contributed by atoms with Gasteiger partial charge in [-0.25, -0.2) is 19.5 Å². The molecule has 3 rings (SSSR count). The van der Waals surface area contributed by atoms with E-state index in [1.54, 1.807) is 4.57 Å². The minimum Gasteiger partial charge on any atom is -0.390 e. The van der Waals surface area contributed by atoms with Crippen LogP contribution < -0.4 is 10.6 Å². The number of phosphoric acid groups is 1. The van der Waals surface area contributed by atoms with Gasteiger partial charge >= 0.3 is 7.82 Å². The van der Waals surface area contributed by atoms with Gasteiger partial charge in [0.25, 0.3) is 0 Å². The molecule has 13 nitrogen and oxygen atoms in total. The number of nitrogens with one attached hydrogen (secondary N) is 2. The summed E-state index contributed by atoms with van der Waals surface area (Å²) in [7, 11) is -3.14. The maximum absolute atomic E-state index is 11.4. The maximum Gasteiger partial charge on any atom is 0.469 e. The predicted molar refractivity (Wildman–Crippen MR) is 90.4 cm³/mol. The summed E-state index contributed by atoms with van der Waals surface area (Å²) in [5.41, 5.74) is 0.826. The van der Waals surface area contributed by atoms with Crippen LogP contribution in [0.5, 0.6) is 0 Å². The Labute approximate surface area is 153 Å². The molecular formula is C13H19N6O7P. The van der Waals surface area contributed by atoms with Gasteiger partial charge in [-0.3, -0.25) is 13.9 Å². The molecule has 3 heterocycles. The van der Waals surface area contributed by atoms with Crippen molar-refractivity contribution in [2.75, 3.05) is 25.5 Å². The van der Waals surface area contributed by atoms with Gasteiger partial charge in [-0.2, -0.15) is 0 Å². The number of nitrogens with zero attached hydrogens (tertiary/aromatic N) is 4. The zero-order valence-electron chi connectivity index (χ0n) is 14.2. The summed E-state index contributed by atoms with van der Waals surface area (Å²) in [6, 6.07) is 0. The molecule has 14 heteroatoms. The Bertz CT molecular complexity index is 870. The molecule has 1 aliphatic rings. The van der Waals surface area contributed by atoms with Gasteiger partial charge in [-0.15, -0.1) is 0 Å². The highest BCUT2D eigenvalue weighted by atomic mass is 31.2. The van der Waals surface area contributed by atoms with E-state index in [1.165, 1.54) is 19.7 Å². The van der Waals surface area contributed by atoms with Crippen LogP contribution in [0.15, 0.2) is 12.7 Å². The van der Waals surface area contributed by atoms with Crippen LogP contribution >= 0.6 is 7.82 Å². The van der Waals surface area contributed by atoms with Crippen LogP contribution in [0.25, 0.3) is 11.2 Å². The number of imidazole rings is 1. The van der Waals surface area contributed by atoms with Crippen LogP contribution in [0.4, 0.5) is 5.82 Å². The molecule has 0 aromatic carbocycles. The van der Waals surface area contributed by atoms with Crippen molar-refractivity contribution in [3.8, 4) is 0 Å². The highest BCUT2D eigenvalue weighted by molar-refractivity contribution is 7.46. The van der Waals surface area contributed by atoms with Crippen molar-refractivity contribution in [1.29, 1.82) is 0 Å². The summed E-state index contributed by atoms with van der Waals surface area (Å²) in [5.74, 6) is 0.138. The van der Waals surface area contributed by atoms with Crippen LogP contribution in [0.2, 0.25) is 0 Å². The van der Waals surface area contributed by atoms with Gasteiger partial charge in [-0.05, 0) is 0 Å². The van der Waals surface area contributed by atoms with Crippen LogP contribution in [-0.2, 0) is 18.6 Å². The first-order chi connectivity index (χ1) is 12.8. The predicted octanol–water partition coefficient (Wildman–Crippen LogP) is -1.26. The fourth-order valence-electron chi connectivity index (χ4n) is 2.65. The van der Waals surface area contributed by atoms with E-state index in [1.807, 2.05) is 0 Å². The third-order valence-electron chi connectivity index (χ3n) is 3.98. The molecule has 0 bridgehead atoms. The lowest BCUT2D eigenvalue weighted by Gasteiger charge is -2.16. The van der Waals surface area contributed by atoms with Gasteiger partial charge < -0.3 is 30.3 Å². The van der Waals surface area contributed by atoms with E-state index in [0.717, 1.165) is 0 Å². The summed E-state index contributed by atoms with van der Waals surface area (Å²) in [4.78, 5) is 41.4. The number of phosphoric ester groups is 1. The van der Waals surface area contributed by atoms with Crippen molar-refractivity contribution in [1.82, 2.24) is 24.8 Å². The first-order valence-electron chi connectivity index (χ1n) is 7.94. The molecule has 0 saturated carbocycles. The van der Waals surface area contributed by atoms with Crippen LogP contribution in [0.3, 0.4) is 0 Å². The highest BCUT2D eigenvalue weighted by Crippen LogP contribution is 2.38. The lowest BCUT2D eigenvalue weighted by atomic mass is 10.2. The van der Waals surface area contributed by atoms with E-state index in [-0.39, 0.29) is 18.9 Å². The quantitative estimate of drug-likeness (QED) is 0.349. The summed E-state index contributed by atoms with van der Waals surface area (Å²) in [6.07, 6.45) is 0.364. The Hall–Kier alpha value is -2.15. The second-order valence-electron chi connectivity index (χ2n) is 5.79.